The Bertz CT molecular complexity index is 1200. The molecule has 4 N–H and O–H groups in total. The number of esters is 2. The zero-order chi connectivity index (χ0) is 35.1. The number of cyclic esters (lactones) is 2. The third kappa shape index (κ3) is 13.8. The first-order valence-electron chi connectivity index (χ1n) is 17.5. The third-order valence-electron chi connectivity index (χ3n) is 8.67. The molecule has 0 aromatic heterocycles. The number of aliphatic hydroxyl groups is 1. The monoisotopic (exact) mass is 673 g/mol. The number of carbonyl (C=O) groups is 5. The molecule has 0 spiro atoms. The molecule has 0 bridgehead atoms. The number of ether oxygens (including phenoxy) is 3. The van der Waals surface area contributed by atoms with Crippen LogP contribution in [-0.2, 0) is 39.8 Å². The zero-order valence-electron chi connectivity index (χ0n) is 29.0. The summed E-state index contributed by atoms with van der Waals surface area (Å²) in [6.45, 7) is 6.65. The first-order valence-corrected chi connectivity index (χ1v) is 17.5. The molecule has 1 saturated carbocycles. The number of benzene rings is 1. The highest BCUT2D eigenvalue weighted by Crippen LogP contribution is 2.28. The van der Waals surface area contributed by atoms with E-state index in [9.17, 15) is 29.1 Å². The van der Waals surface area contributed by atoms with E-state index in [1.807, 2.05) is 13.0 Å². The molecule has 3 rings (SSSR count). The molecule has 2 unspecified atom stereocenters. The van der Waals surface area contributed by atoms with Crippen LogP contribution in [-0.4, -0.2) is 77.5 Å². The highest BCUT2D eigenvalue weighted by molar-refractivity contribution is 5.92. The maximum absolute atomic E-state index is 13.8. The second-order valence-corrected chi connectivity index (χ2v) is 14.0. The van der Waals surface area contributed by atoms with E-state index < -0.39 is 72.4 Å². The van der Waals surface area contributed by atoms with Gasteiger partial charge in [-0.15, -0.1) is 0 Å². The second-order valence-electron chi connectivity index (χ2n) is 14.0. The Morgan fingerprint density at radius 2 is 1.75 bits per heavy atom. The molecule has 1 heterocycles. The Hall–Kier alpha value is -3.67. The van der Waals surface area contributed by atoms with Gasteiger partial charge in [0.25, 0.3) is 0 Å². The molecule has 12 heteroatoms. The van der Waals surface area contributed by atoms with E-state index in [-0.39, 0.29) is 18.8 Å². The van der Waals surface area contributed by atoms with Crippen molar-refractivity contribution in [2.45, 2.75) is 147 Å². The molecule has 2 aliphatic rings. The fourth-order valence-electron chi connectivity index (χ4n) is 6.11. The van der Waals surface area contributed by atoms with Crippen LogP contribution in [0, 0.1) is 5.92 Å². The summed E-state index contributed by atoms with van der Waals surface area (Å²) in [6.07, 6.45) is 5.62. The first-order chi connectivity index (χ1) is 22.8. The minimum Gasteiger partial charge on any atom is -0.463 e. The molecule has 1 aliphatic carbocycles. The largest absolute Gasteiger partial charge is 0.463 e. The SMILES string of the molecule is CCCCC1CCCC(=O)OCC(NC(=O)[C@H](Cc2ccccc2)NC(=O)OC(C)(C)C)C(=O)N[C@@H](CC2CCCCC2)[C@@H](O)C(=O)O1. The highest BCUT2D eigenvalue weighted by atomic mass is 16.6. The van der Waals surface area contributed by atoms with E-state index in [0.29, 0.717) is 25.7 Å². The Labute approximate surface area is 284 Å². The summed E-state index contributed by atoms with van der Waals surface area (Å²) in [4.78, 5) is 66.3. The molecular weight excluding hydrogens is 618 g/mol. The van der Waals surface area contributed by atoms with Crippen molar-refractivity contribution in [2.75, 3.05) is 6.61 Å². The molecule has 5 atom stereocenters. The number of aliphatic hydroxyl groups excluding tert-OH is 1. The number of amides is 3. The molecule has 1 aliphatic heterocycles. The topological polar surface area (TPSA) is 169 Å². The molecule has 0 radical (unpaired) electrons. The van der Waals surface area contributed by atoms with Gasteiger partial charge in [-0.05, 0) is 57.9 Å². The Balaban J connectivity index is 1.86. The van der Waals surface area contributed by atoms with Crippen LogP contribution in [0.3, 0.4) is 0 Å². The van der Waals surface area contributed by atoms with Gasteiger partial charge in [-0.2, -0.15) is 0 Å². The van der Waals surface area contributed by atoms with Crippen molar-refractivity contribution >= 4 is 29.8 Å². The highest BCUT2D eigenvalue weighted by Gasteiger charge is 2.36. The average Bonchev–Trinajstić information content (AvgIpc) is 3.03. The fourth-order valence-corrected chi connectivity index (χ4v) is 6.11. The van der Waals surface area contributed by atoms with E-state index >= 15 is 0 Å². The summed E-state index contributed by atoms with van der Waals surface area (Å²) in [5.41, 5.74) is -0.0652. The standard InChI is InChI=1S/C36H55N3O9/c1-5-6-18-26-19-13-20-30(40)46-23-29(33(43)37-27(31(41)34(44)47-26)21-24-14-9-7-10-15-24)38-32(42)28(22-25-16-11-8-12-17-25)39-35(45)48-36(2,3)4/h8,11-12,16-17,24,26-29,31,41H,5-7,9-10,13-15,18-23H2,1-4H3,(H,37,43)(H,38,42)(H,39,45)/t26?,27-,28-,29?,31+/m0/s1. The molecule has 48 heavy (non-hydrogen) atoms. The summed E-state index contributed by atoms with van der Waals surface area (Å²) in [5, 5.41) is 19.3. The molecule has 1 aromatic carbocycles. The van der Waals surface area contributed by atoms with Crippen LogP contribution in [0.2, 0.25) is 0 Å². The number of unbranched alkanes of at least 4 members (excludes halogenated alkanes) is 1. The van der Waals surface area contributed by atoms with Crippen LogP contribution in [0.4, 0.5) is 4.79 Å². The lowest BCUT2D eigenvalue weighted by Gasteiger charge is -2.32. The summed E-state index contributed by atoms with van der Waals surface area (Å²) >= 11 is 0. The van der Waals surface area contributed by atoms with Gasteiger partial charge < -0.3 is 35.3 Å². The van der Waals surface area contributed by atoms with Gasteiger partial charge in [0, 0.05) is 12.8 Å². The molecular formula is C36H55N3O9. The second kappa shape index (κ2) is 19.4. The Kier molecular flexibility index (Phi) is 15.6. The number of rotatable bonds is 10. The summed E-state index contributed by atoms with van der Waals surface area (Å²) < 4.78 is 16.6. The number of nitrogens with one attached hydrogen (secondary N) is 3. The minimum atomic E-state index is -1.62. The van der Waals surface area contributed by atoms with Gasteiger partial charge in [0.05, 0.1) is 6.04 Å². The predicted octanol–water partition coefficient (Wildman–Crippen LogP) is 4.25. The first kappa shape index (κ1) is 38.8. The number of hydrogen-bond donors (Lipinski definition) is 4. The lowest BCUT2D eigenvalue weighted by molar-refractivity contribution is -0.162. The Morgan fingerprint density at radius 1 is 1.04 bits per heavy atom. The minimum absolute atomic E-state index is 0.0200. The van der Waals surface area contributed by atoms with Gasteiger partial charge >= 0.3 is 18.0 Å². The normalized spacial score (nSPS) is 24.2. The van der Waals surface area contributed by atoms with Crippen LogP contribution >= 0.6 is 0 Å². The van der Waals surface area contributed by atoms with Gasteiger partial charge in [-0.25, -0.2) is 9.59 Å². The van der Waals surface area contributed by atoms with Gasteiger partial charge in [0.1, 0.15) is 30.4 Å². The van der Waals surface area contributed by atoms with Crippen molar-refractivity contribution in [3.8, 4) is 0 Å². The van der Waals surface area contributed by atoms with Crippen LogP contribution in [0.5, 0.6) is 0 Å². The quantitative estimate of drug-likeness (QED) is 0.210. The predicted molar refractivity (Wildman–Crippen MR) is 179 cm³/mol. The average molecular weight is 674 g/mol. The lowest BCUT2D eigenvalue weighted by atomic mass is 9.83. The number of carbonyl (C=O) groups excluding carboxylic acids is 5. The van der Waals surface area contributed by atoms with E-state index in [1.54, 1.807) is 45.0 Å². The molecule has 268 valence electrons. The van der Waals surface area contributed by atoms with Crippen molar-refractivity contribution < 1.29 is 43.3 Å². The molecule has 1 aromatic rings. The number of hydrogen-bond acceptors (Lipinski definition) is 9. The summed E-state index contributed by atoms with van der Waals surface area (Å²) in [7, 11) is 0. The number of alkyl carbamates (subject to hydrolysis) is 1. The zero-order valence-corrected chi connectivity index (χ0v) is 29.0. The van der Waals surface area contributed by atoms with E-state index in [1.165, 1.54) is 0 Å². The maximum Gasteiger partial charge on any atom is 0.408 e. The summed E-state index contributed by atoms with van der Waals surface area (Å²) in [6, 6.07) is 5.53. The van der Waals surface area contributed by atoms with Crippen LogP contribution in [0.15, 0.2) is 30.3 Å². The van der Waals surface area contributed by atoms with Crippen molar-refractivity contribution in [1.29, 1.82) is 0 Å². The molecule has 1 saturated heterocycles. The van der Waals surface area contributed by atoms with Gasteiger partial charge in [0.2, 0.25) is 11.8 Å². The van der Waals surface area contributed by atoms with Crippen molar-refractivity contribution in [1.82, 2.24) is 16.0 Å². The third-order valence-corrected chi connectivity index (χ3v) is 8.67. The Morgan fingerprint density at radius 3 is 2.42 bits per heavy atom. The van der Waals surface area contributed by atoms with E-state index in [2.05, 4.69) is 16.0 Å². The van der Waals surface area contributed by atoms with Crippen LogP contribution in [0.25, 0.3) is 0 Å². The molecule has 3 amide bonds. The van der Waals surface area contributed by atoms with Crippen LogP contribution < -0.4 is 16.0 Å². The maximum atomic E-state index is 13.8. The van der Waals surface area contributed by atoms with Gasteiger partial charge in [-0.1, -0.05) is 82.2 Å². The smallest absolute Gasteiger partial charge is 0.408 e. The summed E-state index contributed by atoms with van der Waals surface area (Å²) in [5.74, 6) is -2.64. The van der Waals surface area contributed by atoms with Crippen LogP contribution in [0.1, 0.15) is 110 Å². The lowest BCUT2D eigenvalue weighted by Crippen LogP contribution is -2.59. The van der Waals surface area contributed by atoms with E-state index in [0.717, 1.165) is 50.5 Å². The van der Waals surface area contributed by atoms with Crippen molar-refractivity contribution in [3.05, 3.63) is 35.9 Å². The van der Waals surface area contributed by atoms with Crippen molar-refractivity contribution in [3.63, 3.8) is 0 Å². The van der Waals surface area contributed by atoms with Crippen molar-refractivity contribution in [2.24, 2.45) is 5.92 Å². The fraction of sp³-hybridized carbons (Fsp3) is 0.694. The van der Waals surface area contributed by atoms with E-state index in [4.69, 9.17) is 14.2 Å². The molecule has 2 fully saturated rings. The van der Waals surface area contributed by atoms with Gasteiger partial charge in [-0.3, -0.25) is 14.4 Å². The van der Waals surface area contributed by atoms with Gasteiger partial charge in [0.15, 0.2) is 6.10 Å². The molecule has 12 nitrogen and oxygen atoms in total.